The lowest BCUT2D eigenvalue weighted by molar-refractivity contribution is 0.414. The van der Waals surface area contributed by atoms with Crippen molar-refractivity contribution in [1.29, 1.82) is 0 Å². The van der Waals surface area contributed by atoms with E-state index in [2.05, 4.69) is 20.3 Å². The fourth-order valence-electron chi connectivity index (χ4n) is 2.03. The Balaban J connectivity index is 1.75. The third kappa shape index (κ3) is 2.92. The lowest BCUT2D eigenvalue weighted by atomic mass is 10.1. The zero-order valence-corrected chi connectivity index (χ0v) is 11.6. The summed E-state index contributed by atoms with van der Waals surface area (Å²) in [4.78, 5) is 4.42. The molecule has 7 nitrogen and oxygen atoms in total. The third-order valence-electron chi connectivity index (χ3n) is 3.17. The van der Waals surface area contributed by atoms with Crippen molar-refractivity contribution in [3.05, 3.63) is 59.9 Å². The number of hydrogen-bond donors (Lipinski definition) is 2. The molecule has 0 amide bonds. The Kier molecular flexibility index (Phi) is 3.65. The van der Waals surface area contributed by atoms with Gasteiger partial charge in [0.2, 0.25) is 0 Å². The van der Waals surface area contributed by atoms with Gasteiger partial charge in [0, 0.05) is 12.4 Å². The average molecular weight is 284 g/mol. The Hall–Kier alpha value is -2.67. The van der Waals surface area contributed by atoms with E-state index in [1.165, 1.54) is 0 Å². The van der Waals surface area contributed by atoms with E-state index < -0.39 is 0 Å². The number of methoxy groups -OCH3 is 1. The van der Waals surface area contributed by atoms with Gasteiger partial charge in [0.25, 0.3) is 0 Å². The van der Waals surface area contributed by atoms with E-state index in [9.17, 15) is 0 Å². The van der Waals surface area contributed by atoms with Gasteiger partial charge in [-0.1, -0.05) is 12.1 Å². The molecule has 0 aliphatic rings. The monoisotopic (exact) mass is 284 g/mol. The first-order chi connectivity index (χ1) is 10.3. The molecule has 108 valence electrons. The molecule has 1 aromatic carbocycles. The van der Waals surface area contributed by atoms with Gasteiger partial charge >= 0.3 is 0 Å². The van der Waals surface area contributed by atoms with Gasteiger partial charge in [-0.25, -0.2) is 4.98 Å². The van der Waals surface area contributed by atoms with E-state index in [0.29, 0.717) is 12.4 Å². The lowest BCUT2D eigenvalue weighted by Gasteiger charge is -2.08. The largest absolute Gasteiger partial charge is 0.497 e. The van der Waals surface area contributed by atoms with Crippen molar-refractivity contribution in [2.75, 3.05) is 7.11 Å². The number of nitrogens with two attached hydrogens (primary N) is 1. The van der Waals surface area contributed by atoms with Crippen molar-refractivity contribution >= 4 is 0 Å². The molecule has 1 atom stereocenters. The van der Waals surface area contributed by atoms with E-state index in [0.717, 1.165) is 17.1 Å². The van der Waals surface area contributed by atoms with Crippen LogP contribution in [-0.4, -0.2) is 32.1 Å². The topological polar surface area (TPSA) is 94.6 Å². The molecule has 3 rings (SSSR count). The van der Waals surface area contributed by atoms with E-state index in [1.807, 2.05) is 36.5 Å². The maximum Gasteiger partial charge on any atom is 0.171 e. The number of nitrogens with one attached hydrogen (secondary N) is 1. The SMILES string of the molecule is COc1ccc([C@H](N)c2n[nH]c(Cn3cccn3)n2)cc1. The molecule has 0 saturated carbocycles. The zero-order valence-electron chi connectivity index (χ0n) is 11.6. The Morgan fingerprint density at radius 1 is 1.33 bits per heavy atom. The number of nitrogens with zero attached hydrogens (tertiary/aromatic N) is 4. The Labute approximate surface area is 121 Å². The van der Waals surface area contributed by atoms with Gasteiger partial charge < -0.3 is 10.5 Å². The summed E-state index contributed by atoms with van der Waals surface area (Å²) in [6.45, 7) is 0.537. The number of hydrogen-bond acceptors (Lipinski definition) is 5. The molecule has 0 unspecified atom stereocenters. The first-order valence-electron chi connectivity index (χ1n) is 6.54. The first-order valence-corrected chi connectivity index (χ1v) is 6.54. The molecule has 0 aliphatic heterocycles. The van der Waals surface area contributed by atoms with Gasteiger partial charge in [0.05, 0.1) is 13.2 Å². The number of aromatic nitrogens is 5. The van der Waals surface area contributed by atoms with Gasteiger partial charge in [-0.15, -0.1) is 0 Å². The molecule has 0 fully saturated rings. The third-order valence-corrected chi connectivity index (χ3v) is 3.17. The second kappa shape index (κ2) is 5.76. The van der Waals surface area contributed by atoms with Crippen molar-refractivity contribution in [2.24, 2.45) is 5.73 Å². The molecule has 2 aromatic heterocycles. The number of aromatic amines is 1. The second-order valence-electron chi connectivity index (χ2n) is 4.59. The molecule has 0 spiro atoms. The van der Waals surface area contributed by atoms with Crippen molar-refractivity contribution < 1.29 is 4.74 Å². The van der Waals surface area contributed by atoms with Crippen LogP contribution in [-0.2, 0) is 6.54 Å². The smallest absolute Gasteiger partial charge is 0.171 e. The highest BCUT2D eigenvalue weighted by Crippen LogP contribution is 2.19. The molecule has 0 saturated heterocycles. The molecule has 0 aliphatic carbocycles. The fourth-order valence-corrected chi connectivity index (χ4v) is 2.03. The van der Waals surface area contributed by atoms with Gasteiger partial charge in [0.15, 0.2) is 5.82 Å². The molecule has 7 heteroatoms. The van der Waals surface area contributed by atoms with Crippen LogP contribution < -0.4 is 10.5 Å². The van der Waals surface area contributed by atoms with Crippen LogP contribution in [0.2, 0.25) is 0 Å². The predicted molar refractivity (Wildman–Crippen MR) is 76.7 cm³/mol. The maximum absolute atomic E-state index is 6.19. The van der Waals surface area contributed by atoms with Crippen LogP contribution in [0.1, 0.15) is 23.3 Å². The predicted octanol–water partition coefficient (Wildman–Crippen LogP) is 1.11. The van der Waals surface area contributed by atoms with E-state index in [4.69, 9.17) is 10.5 Å². The molecule has 0 radical (unpaired) electrons. The van der Waals surface area contributed by atoms with Gasteiger partial charge in [-0.3, -0.25) is 9.78 Å². The quantitative estimate of drug-likeness (QED) is 0.731. The Morgan fingerprint density at radius 2 is 2.14 bits per heavy atom. The van der Waals surface area contributed by atoms with Gasteiger partial charge in [0.1, 0.15) is 18.1 Å². The van der Waals surface area contributed by atoms with E-state index >= 15 is 0 Å². The standard InChI is InChI=1S/C14H16N6O/c1-21-11-5-3-10(4-6-11)13(15)14-17-12(18-19-14)9-20-8-2-7-16-20/h2-8,13H,9,15H2,1H3,(H,17,18,19)/t13-/m0/s1. The van der Waals surface area contributed by atoms with Crippen LogP contribution >= 0.6 is 0 Å². The average Bonchev–Trinajstić information content (AvgIpc) is 3.19. The fraction of sp³-hybridized carbons (Fsp3) is 0.214. The Morgan fingerprint density at radius 3 is 2.81 bits per heavy atom. The van der Waals surface area contributed by atoms with Gasteiger partial charge in [-0.05, 0) is 23.8 Å². The molecule has 3 aromatic rings. The summed E-state index contributed by atoms with van der Waals surface area (Å²) in [5, 5.41) is 11.2. The molecule has 0 bridgehead atoms. The van der Waals surface area contributed by atoms with Crippen molar-refractivity contribution in [3.63, 3.8) is 0 Å². The van der Waals surface area contributed by atoms with E-state index in [1.54, 1.807) is 18.0 Å². The maximum atomic E-state index is 6.19. The van der Waals surface area contributed by atoms with Crippen LogP contribution in [0, 0.1) is 0 Å². The minimum absolute atomic E-state index is 0.376. The number of ether oxygens (including phenoxy) is 1. The Bertz CT molecular complexity index is 689. The van der Waals surface area contributed by atoms with Crippen molar-refractivity contribution in [2.45, 2.75) is 12.6 Å². The summed E-state index contributed by atoms with van der Waals surface area (Å²) in [5.41, 5.74) is 7.12. The normalized spacial score (nSPS) is 12.3. The highest BCUT2D eigenvalue weighted by Gasteiger charge is 2.14. The highest BCUT2D eigenvalue weighted by atomic mass is 16.5. The number of rotatable bonds is 5. The summed E-state index contributed by atoms with van der Waals surface area (Å²) in [7, 11) is 1.63. The summed E-state index contributed by atoms with van der Waals surface area (Å²) in [6, 6.07) is 9.04. The molecular weight excluding hydrogens is 268 g/mol. The van der Waals surface area contributed by atoms with Crippen molar-refractivity contribution in [1.82, 2.24) is 25.0 Å². The number of H-pyrrole nitrogens is 1. The molecular formula is C14H16N6O. The van der Waals surface area contributed by atoms with Crippen molar-refractivity contribution in [3.8, 4) is 5.75 Å². The number of benzene rings is 1. The highest BCUT2D eigenvalue weighted by molar-refractivity contribution is 5.31. The lowest BCUT2D eigenvalue weighted by Crippen LogP contribution is -2.13. The zero-order chi connectivity index (χ0) is 14.7. The van der Waals surface area contributed by atoms with Crippen LogP contribution in [0.5, 0.6) is 5.75 Å². The van der Waals surface area contributed by atoms with E-state index in [-0.39, 0.29) is 6.04 Å². The first kappa shape index (κ1) is 13.3. The van der Waals surface area contributed by atoms with Crippen LogP contribution in [0.25, 0.3) is 0 Å². The minimum Gasteiger partial charge on any atom is -0.497 e. The van der Waals surface area contributed by atoms with Crippen LogP contribution in [0.15, 0.2) is 42.7 Å². The summed E-state index contributed by atoms with van der Waals surface area (Å²) >= 11 is 0. The van der Waals surface area contributed by atoms with Gasteiger partial charge in [-0.2, -0.15) is 10.2 Å². The van der Waals surface area contributed by atoms with Crippen LogP contribution in [0.3, 0.4) is 0 Å². The minimum atomic E-state index is -0.376. The summed E-state index contributed by atoms with van der Waals surface area (Å²) in [5.74, 6) is 2.07. The summed E-state index contributed by atoms with van der Waals surface area (Å²) < 4.78 is 6.90. The molecule has 3 N–H and O–H groups in total. The van der Waals surface area contributed by atoms with Crippen LogP contribution in [0.4, 0.5) is 0 Å². The molecule has 2 heterocycles. The second-order valence-corrected chi connectivity index (χ2v) is 4.59. The summed E-state index contributed by atoms with van der Waals surface area (Å²) in [6.07, 6.45) is 3.59. The molecule has 21 heavy (non-hydrogen) atoms.